The van der Waals surface area contributed by atoms with Gasteiger partial charge in [0.2, 0.25) is 0 Å². The van der Waals surface area contributed by atoms with Gasteiger partial charge < -0.3 is 4.57 Å². The first-order valence-electron chi connectivity index (χ1n) is 2.59. The highest BCUT2D eigenvalue weighted by Crippen LogP contribution is 1.94. The third kappa shape index (κ3) is 0.735. The molecule has 8 heavy (non-hydrogen) atoms. The van der Waals surface area contributed by atoms with Crippen LogP contribution in [0.4, 0.5) is 0 Å². The number of rotatable bonds is 0. The highest BCUT2D eigenvalue weighted by atomic mass is 15.0. The smallest absolute Gasteiger partial charge is 0.106 e. The molecule has 0 saturated carbocycles. The molecular weight excluding hydrogens is 100 g/mol. The van der Waals surface area contributed by atoms with Crippen LogP contribution in [0, 0.1) is 20.0 Å². The zero-order valence-corrected chi connectivity index (χ0v) is 5.39. The fraction of sp³-hybridized carbons (Fsp3) is 0.500. The molecule has 2 nitrogen and oxygen atoms in total. The fourth-order valence-electron chi connectivity index (χ4n) is 0.666. The maximum Gasteiger partial charge on any atom is 0.106 e. The Labute approximate surface area is 49.2 Å². The minimum Gasteiger partial charge on any atom is -0.330 e. The second kappa shape index (κ2) is 1.62. The average molecular weight is 109 g/mol. The van der Waals surface area contributed by atoms with Crippen LogP contribution < -0.4 is 0 Å². The van der Waals surface area contributed by atoms with Crippen LogP contribution in [-0.4, -0.2) is 9.55 Å². The third-order valence-corrected chi connectivity index (χ3v) is 1.14. The standard InChI is InChI=1S/C6H9N2/c1-5-4-8(3)6(2)7-5/h1-3H3. The van der Waals surface area contributed by atoms with E-state index in [-0.39, 0.29) is 0 Å². The molecule has 0 spiro atoms. The Balaban J connectivity index is 3.14. The molecule has 0 aliphatic rings. The lowest BCUT2D eigenvalue weighted by molar-refractivity contribution is 0.852. The van der Waals surface area contributed by atoms with Crippen molar-refractivity contribution in [2.45, 2.75) is 13.8 Å². The van der Waals surface area contributed by atoms with E-state index in [0.29, 0.717) is 0 Å². The lowest BCUT2D eigenvalue weighted by Crippen LogP contribution is -1.87. The van der Waals surface area contributed by atoms with Crippen molar-refractivity contribution in [2.75, 3.05) is 0 Å². The Morgan fingerprint density at radius 2 is 2.12 bits per heavy atom. The number of aromatic nitrogens is 2. The lowest BCUT2D eigenvalue weighted by atomic mass is 10.6. The first-order valence-corrected chi connectivity index (χ1v) is 2.59. The molecule has 1 radical (unpaired) electrons. The average Bonchev–Trinajstić information content (AvgIpc) is 1.85. The normalized spacial score (nSPS) is 9.88. The van der Waals surface area contributed by atoms with Crippen LogP contribution in [0.2, 0.25) is 0 Å². The zero-order valence-electron chi connectivity index (χ0n) is 5.39. The van der Waals surface area contributed by atoms with Gasteiger partial charge in [-0.3, -0.25) is 0 Å². The Bertz CT molecular complexity index is 169. The summed E-state index contributed by atoms with van der Waals surface area (Å²) in [4.78, 5) is 4.12. The van der Waals surface area contributed by atoms with Crippen molar-refractivity contribution in [1.29, 1.82) is 0 Å². The molecule has 0 aliphatic heterocycles. The summed E-state index contributed by atoms with van der Waals surface area (Å²) in [5.41, 5.74) is 0.963. The van der Waals surface area contributed by atoms with E-state index in [0.717, 1.165) is 11.5 Å². The molecule has 1 rings (SSSR count). The first-order chi connectivity index (χ1) is 3.70. The molecule has 1 heterocycles. The van der Waals surface area contributed by atoms with E-state index < -0.39 is 0 Å². The van der Waals surface area contributed by atoms with E-state index in [9.17, 15) is 0 Å². The Morgan fingerprint density at radius 3 is 2.25 bits per heavy atom. The molecule has 0 N–H and O–H groups in total. The van der Waals surface area contributed by atoms with Gasteiger partial charge in [-0.15, -0.1) is 0 Å². The van der Waals surface area contributed by atoms with Crippen molar-refractivity contribution in [3.63, 3.8) is 0 Å². The summed E-state index contributed by atoms with van der Waals surface area (Å²) in [5.74, 6) is 1.02. The topological polar surface area (TPSA) is 17.8 Å². The van der Waals surface area contributed by atoms with Crippen molar-refractivity contribution in [1.82, 2.24) is 9.55 Å². The number of hydrogen-bond donors (Lipinski definition) is 0. The molecule has 0 aliphatic carbocycles. The number of hydrogen-bond acceptors (Lipinski definition) is 1. The fourth-order valence-corrected chi connectivity index (χ4v) is 0.666. The van der Waals surface area contributed by atoms with Crippen LogP contribution >= 0.6 is 0 Å². The van der Waals surface area contributed by atoms with E-state index in [4.69, 9.17) is 0 Å². The van der Waals surface area contributed by atoms with Gasteiger partial charge in [0.1, 0.15) is 5.82 Å². The summed E-state index contributed by atoms with van der Waals surface area (Å²) in [6.45, 7) is 3.90. The summed E-state index contributed by atoms with van der Waals surface area (Å²) in [7, 11) is 1.94. The lowest BCUT2D eigenvalue weighted by Gasteiger charge is -1.86. The van der Waals surface area contributed by atoms with Gasteiger partial charge in [0.05, 0.1) is 11.9 Å². The molecule has 0 unspecified atom stereocenters. The molecular formula is C6H9N2. The van der Waals surface area contributed by atoms with Crippen LogP contribution in [-0.2, 0) is 7.05 Å². The van der Waals surface area contributed by atoms with Crippen LogP contribution in [0.3, 0.4) is 0 Å². The van der Waals surface area contributed by atoms with Crippen molar-refractivity contribution in [3.8, 4) is 0 Å². The SMILES string of the molecule is Cc1[c]n(C)c(C)n1. The molecule has 0 atom stereocenters. The first kappa shape index (κ1) is 5.35. The van der Waals surface area contributed by atoms with Crippen LogP contribution in [0.25, 0.3) is 0 Å². The van der Waals surface area contributed by atoms with Crippen molar-refractivity contribution in [3.05, 3.63) is 17.7 Å². The van der Waals surface area contributed by atoms with Crippen LogP contribution in [0.1, 0.15) is 11.5 Å². The minimum atomic E-state index is 0.963. The van der Waals surface area contributed by atoms with E-state index in [1.165, 1.54) is 0 Å². The second-order valence-corrected chi connectivity index (χ2v) is 1.92. The zero-order chi connectivity index (χ0) is 6.15. The van der Waals surface area contributed by atoms with Gasteiger partial charge in [0, 0.05) is 7.05 Å². The molecule has 0 amide bonds. The molecule has 0 fully saturated rings. The van der Waals surface area contributed by atoms with Gasteiger partial charge >= 0.3 is 0 Å². The van der Waals surface area contributed by atoms with Gasteiger partial charge in [-0.05, 0) is 13.8 Å². The number of nitrogens with zero attached hydrogens (tertiary/aromatic N) is 2. The molecule has 0 saturated heterocycles. The Morgan fingerprint density at radius 1 is 1.50 bits per heavy atom. The maximum atomic E-state index is 4.12. The summed E-state index contributed by atoms with van der Waals surface area (Å²) in [6.07, 6.45) is 3.01. The molecule has 2 heteroatoms. The summed E-state index contributed by atoms with van der Waals surface area (Å²) < 4.78 is 1.88. The molecule has 43 valence electrons. The summed E-state index contributed by atoms with van der Waals surface area (Å²) >= 11 is 0. The quantitative estimate of drug-likeness (QED) is 0.482. The minimum absolute atomic E-state index is 0.963. The van der Waals surface area contributed by atoms with E-state index in [2.05, 4.69) is 11.2 Å². The van der Waals surface area contributed by atoms with Gasteiger partial charge in [-0.25, -0.2) is 4.98 Å². The molecule has 0 bridgehead atoms. The van der Waals surface area contributed by atoms with Crippen molar-refractivity contribution in [2.24, 2.45) is 7.05 Å². The van der Waals surface area contributed by atoms with Crippen molar-refractivity contribution >= 4 is 0 Å². The van der Waals surface area contributed by atoms with Crippen LogP contribution in [0.15, 0.2) is 0 Å². The second-order valence-electron chi connectivity index (χ2n) is 1.92. The highest BCUT2D eigenvalue weighted by Gasteiger charge is 1.92. The van der Waals surface area contributed by atoms with Gasteiger partial charge in [0.25, 0.3) is 0 Å². The predicted molar refractivity (Wildman–Crippen MR) is 31.5 cm³/mol. The predicted octanol–water partition coefficient (Wildman–Crippen LogP) is 0.837. The molecule has 1 aromatic heterocycles. The van der Waals surface area contributed by atoms with Crippen molar-refractivity contribution < 1.29 is 0 Å². The summed E-state index contributed by atoms with van der Waals surface area (Å²) in [5, 5.41) is 0. The Kier molecular flexibility index (Phi) is 1.08. The number of aryl methyl sites for hydroxylation is 3. The van der Waals surface area contributed by atoms with Gasteiger partial charge in [-0.1, -0.05) is 0 Å². The molecule has 1 aromatic rings. The van der Waals surface area contributed by atoms with Gasteiger partial charge in [-0.2, -0.15) is 0 Å². The summed E-state index contributed by atoms with van der Waals surface area (Å²) in [6, 6.07) is 0. The monoisotopic (exact) mass is 109 g/mol. The molecule has 0 aromatic carbocycles. The third-order valence-electron chi connectivity index (χ3n) is 1.14. The highest BCUT2D eigenvalue weighted by molar-refractivity contribution is 4.96. The maximum absolute atomic E-state index is 4.12. The van der Waals surface area contributed by atoms with E-state index in [1.807, 2.05) is 25.5 Å². The van der Waals surface area contributed by atoms with Crippen LogP contribution in [0.5, 0.6) is 0 Å². The number of imidazole rings is 1. The van der Waals surface area contributed by atoms with E-state index >= 15 is 0 Å². The van der Waals surface area contributed by atoms with E-state index in [1.54, 1.807) is 0 Å². The largest absolute Gasteiger partial charge is 0.330 e. The van der Waals surface area contributed by atoms with Gasteiger partial charge in [0.15, 0.2) is 0 Å². The Hall–Kier alpha value is -0.790.